The predicted molar refractivity (Wildman–Crippen MR) is 68.8 cm³/mol. The van der Waals surface area contributed by atoms with Crippen molar-refractivity contribution in [1.82, 2.24) is 0 Å². The van der Waals surface area contributed by atoms with E-state index in [0.717, 1.165) is 17.3 Å². The van der Waals surface area contributed by atoms with Crippen LogP contribution in [0, 0.1) is 6.07 Å². The Balaban J connectivity index is 2.12. The summed E-state index contributed by atoms with van der Waals surface area (Å²) in [6, 6.07) is 19.1. The van der Waals surface area contributed by atoms with Crippen LogP contribution < -0.4 is 4.90 Å². The van der Waals surface area contributed by atoms with E-state index < -0.39 is 0 Å². The fourth-order valence-corrected chi connectivity index (χ4v) is 1.76. The molecule has 1 nitrogen and oxygen atoms in total. The molecule has 2 heteroatoms. The first-order chi connectivity index (χ1) is 7.75. The van der Waals surface area contributed by atoms with Gasteiger partial charge in [-0.2, -0.15) is 0 Å². The van der Waals surface area contributed by atoms with Gasteiger partial charge in [0.15, 0.2) is 0 Å². The third kappa shape index (κ3) is 2.77. The van der Waals surface area contributed by atoms with Gasteiger partial charge in [-0.25, -0.2) is 0 Å². The molecular formula is C14H13ClN. The van der Waals surface area contributed by atoms with Crippen molar-refractivity contribution in [1.29, 1.82) is 0 Å². The van der Waals surface area contributed by atoms with Crippen LogP contribution in [0.1, 0.15) is 5.56 Å². The van der Waals surface area contributed by atoms with Crippen molar-refractivity contribution in [2.24, 2.45) is 0 Å². The molecule has 0 amide bonds. The van der Waals surface area contributed by atoms with Crippen LogP contribution in [0.3, 0.4) is 0 Å². The summed E-state index contributed by atoms with van der Waals surface area (Å²) in [6.07, 6.45) is 0. The minimum absolute atomic E-state index is 0.744. The Morgan fingerprint density at radius 1 is 1.19 bits per heavy atom. The van der Waals surface area contributed by atoms with Crippen molar-refractivity contribution in [3.8, 4) is 0 Å². The van der Waals surface area contributed by atoms with Gasteiger partial charge in [0.1, 0.15) is 0 Å². The summed E-state index contributed by atoms with van der Waals surface area (Å²) < 4.78 is 0. The number of benzene rings is 2. The molecule has 0 unspecified atom stereocenters. The first-order valence-electron chi connectivity index (χ1n) is 5.18. The van der Waals surface area contributed by atoms with E-state index in [4.69, 9.17) is 11.6 Å². The summed E-state index contributed by atoms with van der Waals surface area (Å²) in [4.78, 5) is 2.13. The number of rotatable bonds is 3. The highest BCUT2D eigenvalue weighted by Crippen LogP contribution is 2.19. The minimum atomic E-state index is 0.744. The Morgan fingerprint density at radius 2 is 1.94 bits per heavy atom. The van der Waals surface area contributed by atoms with Gasteiger partial charge < -0.3 is 4.90 Å². The maximum atomic E-state index is 5.95. The van der Waals surface area contributed by atoms with Crippen LogP contribution in [-0.2, 0) is 6.54 Å². The van der Waals surface area contributed by atoms with Gasteiger partial charge in [-0.3, -0.25) is 0 Å². The molecule has 0 aliphatic carbocycles. The summed E-state index contributed by atoms with van der Waals surface area (Å²) in [5.41, 5.74) is 2.29. The molecule has 16 heavy (non-hydrogen) atoms. The van der Waals surface area contributed by atoms with Crippen molar-refractivity contribution in [2.45, 2.75) is 6.54 Å². The molecule has 2 aromatic rings. The normalized spacial score (nSPS) is 10.1. The number of anilines is 1. The van der Waals surface area contributed by atoms with E-state index >= 15 is 0 Å². The molecule has 0 bridgehead atoms. The molecular weight excluding hydrogens is 218 g/mol. The fourth-order valence-electron chi connectivity index (χ4n) is 1.59. The number of hydrogen-bond donors (Lipinski definition) is 0. The molecule has 2 aromatic carbocycles. The second-order valence-electron chi connectivity index (χ2n) is 3.73. The molecule has 1 radical (unpaired) electrons. The maximum Gasteiger partial charge on any atom is 0.0462 e. The lowest BCUT2D eigenvalue weighted by atomic mass is 10.2. The third-order valence-electron chi connectivity index (χ3n) is 2.42. The van der Waals surface area contributed by atoms with E-state index in [0.29, 0.717) is 0 Å². The minimum Gasteiger partial charge on any atom is -0.370 e. The summed E-state index contributed by atoms with van der Waals surface area (Å²) >= 11 is 5.95. The molecule has 0 saturated heterocycles. The van der Waals surface area contributed by atoms with Crippen molar-refractivity contribution in [3.63, 3.8) is 0 Å². The molecule has 0 aliphatic heterocycles. The summed E-state index contributed by atoms with van der Waals surface area (Å²) in [6.45, 7) is 0.859. The molecule has 0 aromatic heterocycles. The Hall–Kier alpha value is -1.47. The number of halogens is 1. The second kappa shape index (κ2) is 5.04. The molecule has 0 spiro atoms. The summed E-state index contributed by atoms with van der Waals surface area (Å²) in [5.74, 6) is 0. The van der Waals surface area contributed by atoms with Gasteiger partial charge in [0.2, 0.25) is 0 Å². The Labute approximate surface area is 101 Å². The first kappa shape index (κ1) is 11.0. The quantitative estimate of drug-likeness (QED) is 0.776. The lowest BCUT2D eigenvalue weighted by molar-refractivity contribution is 0.922. The van der Waals surface area contributed by atoms with Crippen LogP contribution in [0.15, 0.2) is 48.5 Å². The topological polar surface area (TPSA) is 3.24 Å². The number of nitrogens with zero attached hydrogens (tertiary/aromatic N) is 1. The number of hydrogen-bond acceptors (Lipinski definition) is 1. The van der Waals surface area contributed by atoms with E-state index in [1.165, 1.54) is 5.56 Å². The summed E-state index contributed by atoms with van der Waals surface area (Å²) in [5, 5.41) is 0.744. The first-order valence-corrected chi connectivity index (χ1v) is 5.56. The second-order valence-corrected chi connectivity index (χ2v) is 4.17. The Bertz CT molecular complexity index is 453. The zero-order chi connectivity index (χ0) is 11.4. The van der Waals surface area contributed by atoms with Gasteiger partial charge >= 0.3 is 0 Å². The SMILES string of the molecule is CN(Cc1ccccc1)c1[c]ccc(Cl)c1. The van der Waals surface area contributed by atoms with Gasteiger partial charge in [0, 0.05) is 30.4 Å². The van der Waals surface area contributed by atoms with E-state index in [9.17, 15) is 0 Å². The molecule has 81 valence electrons. The monoisotopic (exact) mass is 230 g/mol. The molecule has 0 heterocycles. The molecule has 2 rings (SSSR count). The summed E-state index contributed by atoms with van der Waals surface area (Å²) in [7, 11) is 2.04. The van der Waals surface area contributed by atoms with Crippen molar-refractivity contribution in [2.75, 3.05) is 11.9 Å². The van der Waals surface area contributed by atoms with E-state index in [1.54, 1.807) is 0 Å². The lowest BCUT2D eigenvalue weighted by Crippen LogP contribution is -2.16. The lowest BCUT2D eigenvalue weighted by Gasteiger charge is -2.19. The van der Waals surface area contributed by atoms with Crippen molar-refractivity contribution < 1.29 is 0 Å². The average Bonchev–Trinajstić information content (AvgIpc) is 2.30. The molecule has 0 fully saturated rings. The average molecular weight is 231 g/mol. The van der Waals surface area contributed by atoms with Gasteiger partial charge in [-0.05, 0) is 17.7 Å². The molecule has 0 saturated carbocycles. The van der Waals surface area contributed by atoms with E-state index in [2.05, 4.69) is 23.1 Å². The van der Waals surface area contributed by atoms with Crippen molar-refractivity contribution >= 4 is 17.3 Å². The van der Waals surface area contributed by atoms with Crippen LogP contribution in [0.4, 0.5) is 5.69 Å². The Morgan fingerprint density at radius 3 is 2.62 bits per heavy atom. The van der Waals surface area contributed by atoms with Gasteiger partial charge in [-0.1, -0.05) is 48.0 Å². The molecule has 0 N–H and O–H groups in total. The highest BCUT2D eigenvalue weighted by atomic mass is 35.5. The zero-order valence-electron chi connectivity index (χ0n) is 9.15. The van der Waals surface area contributed by atoms with Crippen LogP contribution in [-0.4, -0.2) is 7.05 Å². The van der Waals surface area contributed by atoms with Crippen molar-refractivity contribution in [3.05, 3.63) is 65.2 Å². The highest BCUT2D eigenvalue weighted by molar-refractivity contribution is 6.30. The van der Waals surface area contributed by atoms with Gasteiger partial charge in [-0.15, -0.1) is 0 Å². The largest absolute Gasteiger partial charge is 0.370 e. The van der Waals surface area contributed by atoms with E-state index in [-0.39, 0.29) is 0 Å². The van der Waals surface area contributed by atoms with Crippen LogP contribution in [0.2, 0.25) is 5.02 Å². The van der Waals surface area contributed by atoms with Crippen LogP contribution >= 0.6 is 11.6 Å². The standard InChI is InChI=1S/C14H13ClN/c1-16(11-12-6-3-2-4-7-12)14-9-5-8-13(15)10-14/h2-8,10H,11H2,1H3. The van der Waals surface area contributed by atoms with Crippen LogP contribution in [0.25, 0.3) is 0 Å². The Kier molecular flexibility index (Phi) is 3.47. The predicted octanol–water partition coefficient (Wildman–Crippen LogP) is 3.78. The smallest absolute Gasteiger partial charge is 0.0462 e. The van der Waals surface area contributed by atoms with Crippen LogP contribution in [0.5, 0.6) is 0 Å². The third-order valence-corrected chi connectivity index (χ3v) is 2.66. The fraction of sp³-hybridized carbons (Fsp3) is 0.143. The highest BCUT2D eigenvalue weighted by Gasteiger charge is 2.02. The molecule has 0 atom stereocenters. The van der Waals surface area contributed by atoms with E-state index in [1.807, 2.05) is 43.4 Å². The molecule has 0 aliphatic rings. The van der Waals surface area contributed by atoms with Gasteiger partial charge in [0.25, 0.3) is 0 Å². The van der Waals surface area contributed by atoms with Gasteiger partial charge in [0.05, 0.1) is 0 Å². The maximum absolute atomic E-state index is 5.95. The zero-order valence-corrected chi connectivity index (χ0v) is 9.91.